The molecule has 0 aliphatic carbocycles. The van der Waals surface area contributed by atoms with Crippen LogP contribution in [0, 0.1) is 0 Å². The van der Waals surface area contributed by atoms with Crippen molar-refractivity contribution >= 4 is 11.9 Å². The van der Waals surface area contributed by atoms with Gasteiger partial charge in [-0.25, -0.2) is 0 Å². The molecule has 2 N–H and O–H groups in total. The van der Waals surface area contributed by atoms with Crippen molar-refractivity contribution in [3.63, 3.8) is 0 Å². The summed E-state index contributed by atoms with van der Waals surface area (Å²) >= 11 is 0. The number of carboxylic acids is 2. The maximum absolute atomic E-state index is 11.4. The molecule has 11 heteroatoms. The summed E-state index contributed by atoms with van der Waals surface area (Å²) in [6.07, 6.45) is 7.88. The Kier molecular flexibility index (Phi) is 26.3. The van der Waals surface area contributed by atoms with E-state index in [1.807, 2.05) is 27.7 Å². The van der Waals surface area contributed by atoms with Gasteiger partial charge in [-0.2, -0.15) is 0 Å². The van der Waals surface area contributed by atoms with Crippen LogP contribution in [0.25, 0.3) is 0 Å². The maximum atomic E-state index is 11.4. The van der Waals surface area contributed by atoms with Crippen molar-refractivity contribution in [3.8, 4) is 0 Å². The molecule has 0 aliphatic rings. The first-order valence-electron chi connectivity index (χ1n) is 15.3. The van der Waals surface area contributed by atoms with Gasteiger partial charge in [0.15, 0.2) is 0 Å². The average molecular weight is 670 g/mol. The monoisotopic (exact) mass is 668 g/mol. The molecule has 0 saturated heterocycles. The fourth-order valence-electron chi connectivity index (χ4n) is 4.37. The van der Waals surface area contributed by atoms with E-state index >= 15 is 0 Å². The Balaban J connectivity index is -0.000000688. The van der Waals surface area contributed by atoms with E-state index in [0.717, 1.165) is 38.5 Å². The third kappa shape index (κ3) is 13.0. The van der Waals surface area contributed by atoms with Crippen LogP contribution in [-0.2, 0) is 54.7 Å². The van der Waals surface area contributed by atoms with Gasteiger partial charge < -0.3 is 49.0 Å². The molecule has 0 bridgehead atoms. The van der Waals surface area contributed by atoms with Crippen LogP contribution in [0.3, 0.4) is 0 Å². The van der Waals surface area contributed by atoms with Gasteiger partial charge >= 0.3 is 26.2 Å². The van der Waals surface area contributed by atoms with Gasteiger partial charge in [0.05, 0.1) is 13.2 Å². The van der Waals surface area contributed by atoms with Crippen molar-refractivity contribution in [2.24, 2.45) is 0 Å². The Hall–Kier alpha value is -0.417. The van der Waals surface area contributed by atoms with Crippen molar-refractivity contribution in [1.82, 2.24) is 0 Å². The van der Waals surface area contributed by atoms with Crippen LogP contribution in [0.5, 0.6) is 0 Å². The SMILES string of the molecule is CCCCOC(CC)(CC)C(O)(OCCCC)C(=O)[O-].CCCCOC(CC)(CC)C(O)(OCCCC)C(=O)[O-].[Zr+2]. The summed E-state index contributed by atoms with van der Waals surface area (Å²) in [5, 5.41) is 43.9. The molecule has 0 radical (unpaired) electrons. The van der Waals surface area contributed by atoms with Gasteiger partial charge in [0, 0.05) is 13.2 Å². The minimum absolute atomic E-state index is 0. The van der Waals surface area contributed by atoms with E-state index in [2.05, 4.69) is 0 Å². The van der Waals surface area contributed by atoms with Crippen LogP contribution < -0.4 is 10.2 Å². The van der Waals surface area contributed by atoms with Crippen molar-refractivity contribution < 1.29 is 75.2 Å². The quantitative estimate of drug-likeness (QED) is 0.116. The Morgan fingerprint density at radius 1 is 0.512 bits per heavy atom. The molecule has 2 unspecified atom stereocenters. The van der Waals surface area contributed by atoms with Crippen molar-refractivity contribution in [2.45, 2.75) is 155 Å². The molecule has 0 aromatic carbocycles. The molecule has 242 valence electrons. The van der Waals surface area contributed by atoms with Gasteiger partial charge in [0.1, 0.15) is 23.1 Å². The van der Waals surface area contributed by atoms with Crippen LogP contribution in [0.1, 0.15) is 132 Å². The van der Waals surface area contributed by atoms with Gasteiger partial charge in [-0.1, -0.05) is 81.1 Å². The number of aliphatic hydroxyl groups is 2. The van der Waals surface area contributed by atoms with Crippen LogP contribution in [-0.4, -0.2) is 71.4 Å². The van der Waals surface area contributed by atoms with E-state index in [1.165, 1.54) is 0 Å². The Labute approximate surface area is 268 Å². The first-order chi connectivity index (χ1) is 18.9. The first-order valence-corrected chi connectivity index (χ1v) is 15.3. The minimum atomic E-state index is -2.40. The van der Waals surface area contributed by atoms with Crippen LogP contribution in [0.2, 0.25) is 0 Å². The summed E-state index contributed by atoms with van der Waals surface area (Å²) in [6, 6.07) is 0. The predicted octanol–water partition coefficient (Wildman–Crippen LogP) is 3.23. The molecular weight excluding hydrogens is 612 g/mol. The van der Waals surface area contributed by atoms with E-state index in [0.29, 0.717) is 51.7 Å². The number of hydrogen-bond acceptors (Lipinski definition) is 10. The van der Waals surface area contributed by atoms with E-state index in [1.54, 1.807) is 27.7 Å². The summed E-state index contributed by atoms with van der Waals surface area (Å²) in [5.41, 5.74) is -2.54. The van der Waals surface area contributed by atoms with Crippen molar-refractivity contribution in [1.29, 1.82) is 0 Å². The third-order valence-electron chi connectivity index (χ3n) is 7.44. The van der Waals surface area contributed by atoms with Crippen LogP contribution >= 0.6 is 0 Å². The maximum Gasteiger partial charge on any atom is 2.00 e. The smallest absolute Gasteiger partial charge is 0.544 e. The Bertz CT molecular complexity index is 614. The fraction of sp³-hybridized carbons (Fsp3) is 0.933. The standard InChI is InChI=1S/2C15H30O5.Zr/c2*1-5-9-11-19-14(7-3,8-4)15(18,13(16)17)20-12-10-6-2;/h2*18H,5-12H2,1-4H3,(H,16,17);/q;;+2/p-2. The molecule has 2 atom stereocenters. The average Bonchev–Trinajstić information content (AvgIpc) is 2.94. The zero-order valence-corrected chi connectivity index (χ0v) is 29.4. The minimum Gasteiger partial charge on any atom is -0.544 e. The van der Waals surface area contributed by atoms with Gasteiger partial charge in [-0.05, 0) is 51.4 Å². The third-order valence-corrected chi connectivity index (χ3v) is 7.44. The molecule has 0 aromatic heterocycles. The van der Waals surface area contributed by atoms with E-state index in [-0.39, 0.29) is 39.4 Å². The molecule has 0 amide bonds. The number of rotatable bonds is 24. The van der Waals surface area contributed by atoms with Gasteiger partial charge in [0.2, 0.25) is 11.6 Å². The van der Waals surface area contributed by atoms with Crippen LogP contribution in [0.15, 0.2) is 0 Å². The molecule has 0 heterocycles. The fourth-order valence-corrected chi connectivity index (χ4v) is 4.37. The van der Waals surface area contributed by atoms with Gasteiger partial charge in [-0.15, -0.1) is 0 Å². The summed E-state index contributed by atoms with van der Waals surface area (Å²) in [5.74, 6) is -8.07. The summed E-state index contributed by atoms with van der Waals surface area (Å²) in [6.45, 7) is 16.2. The summed E-state index contributed by atoms with van der Waals surface area (Å²) < 4.78 is 22.0. The van der Waals surface area contributed by atoms with E-state index < -0.39 is 34.7 Å². The second-order valence-corrected chi connectivity index (χ2v) is 10.1. The molecule has 0 aromatic rings. The first kappa shape index (κ1) is 45.0. The number of carbonyl (C=O) groups is 2. The number of carbonyl (C=O) groups excluding carboxylic acids is 2. The normalized spacial score (nSPS) is 14.7. The molecule has 10 nitrogen and oxygen atoms in total. The predicted molar refractivity (Wildman–Crippen MR) is 150 cm³/mol. The summed E-state index contributed by atoms with van der Waals surface area (Å²) in [4.78, 5) is 22.9. The Morgan fingerprint density at radius 3 is 0.902 bits per heavy atom. The number of unbranched alkanes of at least 4 members (excludes halogenated alkanes) is 4. The number of carboxylic acid groups (broad SMARTS) is 2. The van der Waals surface area contributed by atoms with Crippen molar-refractivity contribution in [3.05, 3.63) is 0 Å². The molecular formula is C30H58O10Zr. The van der Waals surface area contributed by atoms with Gasteiger partial charge in [0.25, 0.3) is 0 Å². The molecule has 0 saturated carbocycles. The Morgan fingerprint density at radius 2 is 0.732 bits per heavy atom. The molecule has 0 fully saturated rings. The number of aliphatic carboxylic acids is 2. The van der Waals surface area contributed by atoms with Crippen LogP contribution in [0.4, 0.5) is 0 Å². The number of hydrogen-bond donors (Lipinski definition) is 2. The molecule has 41 heavy (non-hydrogen) atoms. The molecule has 0 aliphatic heterocycles. The van der Waals surface area contributed by atoms with E-state index in [9.17, 15) is 30.0 Å². The second kappa shape index (κ2) is 24.0. The molecule has 0 rings (SSSR count). The number of ether oxygens (including phenoxy) is 4. The van der Waals surface area contributed by atoms with Gasteiger partial charge in [-0.3, -0.25) is 0 Å². The van der Waals surface area contributed by atoms with Crippen molar-refractivity contribution in [2.75, 3.05) is 26.4 Å². The summed E-state index contributed by atoms with van der Waals surface area (Å²) in [7, 11) is 0. The topological polar surface area (TPSA) is 158 Å². The van der Waals surface area contributed by atoms with E-state index in [4.69, 9.17) is 18.9 Å². The molecule has 0 spiro atoms. The second-order valence-electron chi connectivity index (χ2n) is 10.1. The zero-order valence-electron chi connectivity index (χ0n) is 27.0. The largest absolute Gasteiger partial charge is 2.00 e. The zero-order chi connectivity index (χ0) is 31.3.